The van der Waals surface area contributed by atoms with E-state index in [4.69, 9.17) is 10.5 Å². The number of aryl methyl sites for hydroxylation is 1. The topological polar surface area (TPSA) is 61.0 Å². The molecule has 0 aliphatic rings. The lowest BCUT2D eigenvalue weighted by atomic mass is 10.1. The van der Waals surface area contributed by atoms with Crippen LogP contribution in [0.15, 0.2) is 0 Å². The lowest BCUT2D eigenvalue weighted by Crippen LogP contribution is -2.07. The first-order valence-electron chi connectivity index (χ1n) is 7.44. The van der Waals surface area contributed by atoms with E-state index in [-0.39, 0.29) is 0 Å². The van der Waals surface area contributed by atoms with Crippen molar-refractivity contribution in [1.82, 2.24) is 9.97 Å². The van der Waals surface area contributed by atoms with E-state index in [1.165, 1.54) is 32.1 Å². The molecular weight excluding hydrogens is 238 g/mol. The summed E-state index contributed by atoms with van der Waals surface area (Å²) in [5.41, 5.74) is 6.70. The van der Waals surface area contributed by atoms with E-state index in [9.17, 15) is 0 Å². The zero-order valence-electron chi connectivity index (χ0n) is 12.5. The average Bonchev–Trinajstić information content (AvgIpc) is 2.42. The molecule has 0 atom stereocenters. The molecule has 1 rings (SSSR count). The van der Waals surface area contributed by atoms with Crippen LogP contribution < -0.4 is 10.5 Å². The molecule has 0 unspecified atom stereocenters. The minimum absolute atomic E-state index is 0.532. The standard InChI is InChI=1S/C15H27N3O/c1-4-6-7-8-9-10-11-19-15-12(3)14(16)17-13(5-2)18-15/h4-11H2,1-3H3,(H2,16,17,18). The Labute approximate surface area is 116 Å². The second-order valence-electron chi connectivity index (χ2n) is 4.93. The Bertz CT molecular complexity index is 380. The smallest absolute Gasteiger partial charge is 0.221 e. The fourth-order valence-corrected chi connectivity index (χ4v) is 1.91. The number of rotatable bonds is 9. The van der Waals surface area contributed by atoms with Crippen molar-refractivity contribution in [1.29, 1.82) is 0 Å². The Hall–Kier alpha value is -1.32. The third kappa shape index (κ3) is 5.45. The molecule has 0 aliphatic carbocycles. The van der Waals surface area contributed by atoms with Crippen molar-refractivity contribution in [2.24, 2.45) is 0 Å². The van der Waals surface area contributed by atoms with E-state index in [0.717, 1.165) is 24.2 Å². The van der Waals surface area contributed by atoms with E-state index >= 15 is 0 Å². The van der Waals surface area contributed by atoms with Gasteiger partial charge in [-0.1, -0.05) is 46.0 Å². The Morgan fingerprint density at radius 3 is 2.37 bits per heavy atom. The van der Waals surface area contributed by atoms with Crippen molar-refractivity contribution in [3.05, 3.63) is 11.4 Å². The van der Waals surface area contributed by atoms with Gasteiger partial charge in [-0.05, 0) is 13.3 Å². The van der Waals surface area contributed by atoms with Crippen LogP contribution in [0.4, 0.5) is 5.82 Å². The zero-order chi connectivity index (χ0) is 14.1. The van der Waals surface area contributed by atoms with Gasteiger partial charge >= 0.3 is 0 Å². The third-order valence-electron chi connectivity index (χ3n) is 3.24. The quantitative estimate of drug-likeness (QED) is 0.692. The summed E-state index contributed by atoms with van der Waals surface area (Å²) in [5, 5.41) is 0. The van der Waals surface area contributed by atoms with Crippen LogP contribution in [-0.4, -0.2) is 16.6 Å². The molecule has 19 heavy (non-hydrogen) atoms. The number of hydrogen-bond donors (Lipinski definition) is 1. The molecule has 0 amide bonds. The van der Waals surface area contributed by atoms with Gasteiger partial charge in [0.05, 0.1) is 12.2 Å². The molecule has 1 aromatic rings. The van der Waals surface area contributed by atoms with E-state index in [2.05, 4.69) is 16.9 Å². The van der Waals surface area contributed by atoms with Crippen LogP contribution in [0.2, 0.25) is 0 Å². The van der Waals surface area contributed by atoms with Gasteiger partial charge < -0.3 is 10.5 Å². The molecule has 1 heterocycles. The molecule has 108 valence electrons. The Morgan fingerprint density at radius 1 is 1.00 bits per heavy atom. The van der Waals surface area contributed by atoms with Crippen LogP contribution in [0, 0.1) is 6.92 Å². The van der Waals surface area contributed by atoms with Crippen LogP contribution >= 0.6 is 0 Å². The van der Waals surface area contributed by atoms with Gasteiger partial charge in [0.2, 0.25) is 5.88 Å². The van der Waals surface area contributed by atoms with Gasteiger partial charge in [0.1, 0.15) is 11.6 Å². The highest BCUT2D eigenvalue weighted by molar-refractivity contribution is 5.44. The first-order chi connectivity index (χ1) is 9.19. The summed E-state index contributed by atoms with van der Waals surface area (Å²) in [5.74, 6) is 1.93. The second kappa shape index (κ2) is 8.73. The maximum atomic E-state index is 5.85. The molecule has 0 saturated carbocycles. The largest absolute Gasteiger partial charge is 0.477 e. The molecule has 0 radical (unpaired) electrons. The summed E-state index contributed by atoms with van der Waals surface area (Å²) < 4.78 is 5.74. The van der Waals surface area contributed by atoms with Gasteiger partial charge in [-0.3, -0.25) is 0 Å². The number of aromatic nitrogens is 2. The van der Waals surface area contributed by atoms with Crippen molar-refractivity contribution < 1.29 is 4.74 Å². The Morgan fingerprint density at radius 2 is 1.68 bits per heavy atom. The zero-order valence-corrected chi connectivity index (χ0v) is 12.5. The van der Waals surface area contributed by atoms with E-state index in [1.807, 2.05) is 13.8 Å². The SMILES string of the molecule is CCCCCCCCOc1nc(CC)nc(N)c1C. The molecule has 4 heteroatoms. The Balaban J connectivity index is 2.34. The second-order valence-corrected chi connectivity index (χ2v) is 4.93. The fourth-order valence-electron chi connectivity index (χ4n) is 1.91. The highest BCUT2D eigenvalue weighted by Crippen LogP contribution is 2.20. The molecule has 4 nitrogen and oxygen atoms in total. The minimum atomic E-state index is 0.532. The summed E-state index contributed by atoms with van der Waals surface area (Å²) in [6.07, 6.45) is 8.32. The number of ether oxygens (including phenoxy) is 1. The molecule has 0 aromatic carbocycles. The maximum absolute atomic E-state index is 5.85. The van der Waals surface area contributed by atoms with Gasteiger partial charge in [0.25, 0.3) is 0 Å². The number of unbranched alkanes of at least 4 members (excludes halogenated alkanes) is 5. The molecule has 0 aliphatic heterocycles. The number of nitrogen functional groups attached to an aromatic ring is 1. The molecule has 0 saturated heterocycles. The van der Waals surface area contributed by atoms with Crippen LogP contribution in [0.3, 0.4) is 0 Å². The summed E-state index contributed by atoms with van der Waals surface area (Å²) in [6.45, 7) is 6.87. The Kier molecular flexibility index (Phi) is 7.23. The number of hydrogen-bond acceptors (Lipinski definition) is 4. The molecule has 0 spiro atoms. The highest BCUT2D eigenvalue weighted by atomic mass is 16.5. The van der Waals surface area contributed by atoms with E-state index in [1.54, 1.807) is 0 Å². The summed E-state index contributed by atoms with van der Waals surface area (Å²) in [7, 11) is 0. The molecule has 2 N–H and O–H groups in total. The van der Waals surface area contributed by atoms with Crippen LogP contribution in [-0.2, 0) is 6.42 Å². The molecule has 0 bridgehead atoms. The van der Waals surface area contributed by atoms with Crippen molar-refractivity contribution in [3.63, 3.8) is 0 Å². The maximum Gasteiger partial charge on any atom is 0.221 e. The van der Waals surface area contributed by atoms with Crippen LogP contribution in [0.25, 0.3) is 0 Å². The first kappa shape index (κ1) is 15.7. The first-order valence-corrected chi connectivity index (χ1v) is 7.44. The fraction of sp³-hybridized carbons (Fsp3) is 0.733. The minimum Gasteiger partial charge on any atom is -0.477 e. The third-order valence-corrected chi connectivity index (χ3v) is 3.24. The lowest BCUT2D eigenvalue weighted by Gasteiger charge is -2.10. The van der Waals surface area contributed by atoms with Gasteiger partial charge in [-0.25, -0.2) is 4.98 Å². The monoisotopic (exact) mass is 265 g/mol. The van der Waals surface area contributed by atoms with Gasteiger partial charge in [0, 0.05) is 6.42 Å². The summed E-state index contributed by atoms with van der Waals surface area (Å²) in [4.78, 5) is 8.60. The normalized spacial score (nSPS) is 10.7. The van der Waals surface area contributed by atoms with Gasteiger partial charge in [0.15, 0.2) is 0 Å². The number of nitrogens with two attached hydrogens (primary N) is 1. The van der Waals surface area contributed by atoms with E-state index < -0.39 is 0 Å². The predicted molar refractivity (Wildman–Crippen MR) is 79.4 cm³/mol. The van der Waals surface area contributed by atoms with Crippen molar-refractivity contribution >= 4 is 5.82 Å². The van der Waals surface area contributed by atoms with Crippen molar-refractivity contribution in [2.75, 3.05) is 12.3 Å². The van der Waals surface area contributed by atoms with Gasteiger partial charge in [-0.15, -0.1) is 0 Å². The lowest BCUT2D eigenvalue weighted by molar-refractivity contribution is 0.290. The molecular formula is C15H27N3O. The highest BCUT2D eigenvalue weighted by Gasteiger charge is 2.08. The van der Waals surface area contributed by atoms with Crippen LogP contribution in [0.5, 0.6) is 5.88 Å². The number of nitrogens with zero attached hydrogens (tertiary/aromatic N) is 2. The predicted octanol–water partition coefficient (Wildman–Crippen LogP) is 3.67. The van der Waals surface area contributed by atoms with E-state index in [0.29, 0.717) is 18.3 Å². The van der Waals surface area contributed by atoms with Crippen molar-refractivity contribution in [3.8, 4) is 5.88 Å². The van der Waals surface area contributed by atoms with Crippen LogP contribution in [0.1, 0.15) is 63.8 Å². The molecule has 0 fully saturated rings. The average molecular weight is 265 g/mol. The number of anilines is 1. The summed E-state index contributed by atoms with van der Waals surface area (Å²) in [6, 6.07) is 0. The van der Waals surface area contributed by atoms with Crippen molar-refractivity contribution in [2.45, 2.75) is 65.7 Å². The summed E-state index contributed by atoms with van der Waals surface area (Å²) >= 11 is 0. The molecule has 1 aromatic heterocycles. The van der Waals surface area contributed by atoms with Gasteiger partial charge in [-0.2, -0.15) is 4.98 Å².